The Morgan fingerprint density at radius 1 is 1.02 bits per heavy atom. The Bertz CT molecular complexity index is 1110. The van der Waals surface area contributed by atoms with Crippen LogP contribution >= 0.6 is 11.6 Å². The molecule has 0 amide bonds. The van der Waals surface area contributed by atoms with E-state index in [2.05, 4.69) is 20.1 Å². The molecule has 3 rings (SSSR count). The van der Waals surface area contributed by atoms with E-state index >= 15 is 0 Å². The molecule has 0 radical (unpaired) electrons. The summed E-state index contributed by atoms with van der Waals surface area (Å²) in [6, 6.07) is -3.31. The number of hydrogen-bond acceptors (Lipinski definition) is 18. The highest BCUT2D eigenvalue weighted by molar-refractivity contribution is 6.17. The van der Waals surface area contributed by atoms with Gasteiger partial charge in [-0.25, -0.2) is 0 Å². The second kappa shape index (κ2) is 17.5. The lowest BCUT2D eigenvalue weighted by molar-refractivity contribution is -0.408. The van der Waals surface area contributed by atoms with Gasteiger partial charge in [0.1, 0.15) is 54.8 Å². The summed E-state index contributed by atoms with van der Waals surface area (Å²) in [6.07, 6.45) is -24.0. The van der Waals surface area contributed by atoms with Gasteiger partial charge in [-0.05, 0) is 24.4 Å². The Labute approximate surface area is 271 Å². The van der Waals surface area contributed by atoms with Gasteiger partial charge in [0.15, 0.2) is 12.6 Å². The van der Waals surface area contributed by atoms with Gasteiger partial charge in [-0.15, -0.1) is 11.6 Å². The third-order valence-corrected chi connectivity index (χ3v) is 8.13. The van der Waals surface area contributed by atoms with E-state index in [0.717, 1.165) is 6.92 Å². The summed E-state index contributed by atoms with van der Waals surface area (Å²) in [6.45, 7) is -0.610. The summed E-state index contributed by atoms with van der Waals surface area (Å²) >= 11 is 5.61. The largest absolute Gasteiger partial charge is 0.544 e. The van der Waals surface area contributed by atoms with E-state index in [1.54, 1.807) is 0 Å². The zero-order valence-electron chi connectivity index (χ0n) is 24.8. The molecule has 0 aromatic carbocycles. The highest BCUT2D eigenvalue weighted by atomic mass is 35.5. The first-order valence-electron chi connectivity index (χ1n) is 14.4. The molecular weight excluding hydrogens is 664 g/mol. The van der Waals surface area contributed by atoms with Crippen molar-refractivity contribution >= 4 is 17.6 Å². The molecule has 3 heterocycles. The lowest BCUT2D eigenvalue weighted by Gasteiger charge is -2.52. The molecule has 0 aliphatic carbocycles. The van der Waals surface area contributed by atoms with Crippen molar-refractivity contribution in [2.45, 2.75) is 117 Å². The fourth-order valence-electron chi connectivity index (χ4n) is 5.47. The van der Waals surface area contributed by atoms with Gasteiger partial charge in [0, 0.05) is 22.1 Å². The minimum absolute atomic E-state index is 0.0312. The van der Waals surface area contributed by atoms with Crippen molar-refractivity contribution in [1.29, 1.82) is 0 Å². The normalized spacial score (nSPS) is 42.0. The first-order chi connectivity index (χ1) is 22.3. The molecule has 16 atom stereocenters. The zero-order valence-corrected chi connectivity index (χ0v) is 25.6. The van der Waals surface area contributed by atoms with Crippen LogP contribution in [0.2, 0.25) is 0 Å². The molecule has 0 saturated carbocycles. The van der Waals surface area contributed by atoms with E-state index in [1.165, 1.54) is 0 Å². The standard InChI is InChI=1S/C24H39ClN6O16/c1-8(34)12(28-30-26)19-13(29-31-27)9(35)5-24(46-19,23(40)41)47-20-14(36)10(6-32)43-22(17(20)39)45-18-11(7-33)44-21(16(38)15(18)37)42-4-2-3-25/h8-22,32-39H,2-7H2,1H3,(H,40,41)/p-1/t8-,9-,10?,11?,12-,13-,14+,15-,16?,17?,18-,19?,20+,21-,22+,24+/m1/s1. The first kappa shape index (κ1) is 39.3. The van der Waals surface area contributed by atoms with Crippen LogP contribution in [0, 0.1) is 0 Å². The molecule has 3 saturated heterocycles. The number of carbonyl (C=O) groups is 1. The van der Waals surface area contributed by atoms with Crippen LogP contribution in [0.15, 0.2) is 10.2 Å². The summed E-state index contributed by atoms with van der Waals surface area (Å²) in [5, 5.41) is 104. The van der Waals surface area contributed by atoms with Crippen molar-refractivity contribution in [2.75, 3.05) is 25.7 Å². The molecule has 23 heteroatoms. The van der Waals surface area contributed by atoms with E-state index < -0.39 is 123 Å². The lowest BCUT2D eigenvalue weighted by atomic mass is 9.88. The van der Waals surface area contributed by atoms with Gasteiger partial charge < -0.3 is 79.2 Å². The minimum Gasteiger partial charge on any atom is -0.544 e. The van der Waals surface area contributed by atoms with Gasteiger partial charge in [-0.1, -0.05) is 10.2 Å². The summed E-state index contributed by atoms with van der Waals surface area (Å²) in [5.74, 6) is -5.05. The smallest absolute Gasteiger partial charge is 0.212 e. The molecule has 3 fully saturated rings. The Balaban J connectivity index is 1.93. The van der Waals surface area contributed by atoms with Crippen LogP contribution in [0.25, 0.3) is 20.9 Å². The predicted molar refractivity (Wildman–Crippen MR) is 147 cm³/mol. The van der Waals surface area contributed by atoms with E-state index in [-0.39, 0.29) is 12.5 Å². The van der Waals surface area contributed by atoms with Crippen molar-refractivity contribution < 1.29 is 79.2 Å². The van der Waals surface area contributed by atoms with E-state index in [4.69, 9.17) is 51.1 Å². The minimum atomic E-state index is -3.09. The van der Waals surface area contributed by atoms with E-state index in [0.29, 0.717) is 6.42 Å². The number of azide groups is 2. The number of halogens is 1. The third-order valence-electron chi connectivity index (χ3n) is 7.87. The lowest BCUT2D eigenvalue weighted by Crippen LogP contribution is -2.70. The topological polar surface area (TPSA) is 355 Å². The third kappa shape index (κ3) is 8.71. The average Bonchev–Trinajstić information content (AvgIpc) is 3.03. The molecule has 3 aliphatic rings. The highest BCUT2D eigenvalue weighted by Gasteiger charge is 2.57. The monoisotopic (exact) mass is 701 g/mol. The zero-order chi connectivity index (χ0) is 35.1. The summed E-state index contributed by atoms with van der Waals surface area (Å²) < 4.78 is 33.1. The second-order valence-corrected chi connectivity index (χ2v) is 11.4. The number of carboxylic acids is 1. The number of aliphatic hydroxyl groups excluding tert-OH is 8. The maximum atomic E-state index is 12.6. The van der Waals surface area contributed by atoms with Crippen LogP contribution in [0.4, 0.5) is 0 Å². The van der Waals surface area contributed by atoms with Gasteiger partial charge >= 0.3 is 0 Å². The highest BCUT2D eigenvalue weighted by Crippen LogP contribution is 2.39. The number of ether oxygens (including phenoxy) is 6. The van der Waals surface area contributed by atoms with Crippen molar-refractivity contribution in [3.63, 3.8) is 0 Å². The Morgan fingerprint density at radius 2 is 1.68 bits per heavy atom. The van der Waals surface area contributed by atoms with Gasteiger partial charge in [-0.2, -0.15) is 0 Å². The molecule has 8 N–H and O–H groups in total. The Morgan fingerprint density at radius 3 is 2.23 bits per heavy atom. The predicted octanol–water partition coefficient (Wildman–Crippen LogP) is -4.39. The van der Waals surface area contributed by atoms with Crippen molar-refractivity contribution in [1.82, 2.24) is 0 Å². The number of aliphatic carboxylic acids is 1. The molecule has 3 aliphatic heterocycles. The number of nitrogens with zero attached hydrogens (tertiary/aromatic N) is 6. The first-order valence-corrected chi connectivity index (χ1v) is 14.9. The molecule has 0 bridgehead atoms. The molecular formula is C24H38ClN6O16-. The van der Waals surface area contributed by atoms with Gasteiger partial charge in [-0.3, -0.25) is 0 Å². The summed E-state index contributed by atoms with van der Waals surface area (Å²) in [5.41, 5.74) is 18.0. The van der Waals surface area contributed by atoms with Crippen LogP contribution in [0.3, 0.4) is 0 Å². The molecule has 0 aromatic heterocycles. The van der Waals surface area contributed by atoms with E-state index in [9.17, 15) is 50.8 Å². The molecule has 0 spiro atoms. The molecule has 22 nitrogen and oxygen atoms in total. The Kier molecular flexibility index (Phi) is 14.6. The van der Waals surface area contributed by atoms with Crippen LogP contribution in [-0.2, 0) is 33.2 Å². The van der Waals surface area contributed by atoms with E-state index in [1.807, 2.05) is 0 Å². The number of aliphatic hydroxyl groups is 8. The Hall–Kier alpha value is -2.18. The fraction of sp³-hybridized carbons (Fsp3) is 0.958. The van der Waals surface area contributed by atoms with Crippen molar-refractivity contribution in [3.8, 4) is 0 Å². The van der Waals surface area contributed by atoms with Crippen LogP contribution in [0.1, 0.15) is 19.8 Å². The van der Waals surface area contributed by atoms with Gasteiger partial charge in [0.2, 0.25) is 5.79 Å². The van der Waals surface area contributed by atoms with Crippen molar-refractivity contribution in [2.24, 2.45) is 10.2 Å². The van der Waals surface area contributed by atoms with Crippen LogP contribution < -0.4 is 5.11 Å². The van der Waals surface area contributed by atoms with Gasteiger partial charge in [0.05, 0.1) is 50.2 Å². The molecule has 47 heavy (non-hydrogen) atoms. The molecule has 0 aromatic rings. The van der Waals surface area contributed by atoms with Gasteiger partial charge in [0.25, 0.3) is 0 Å². The average molecular weight is 702 g/mol. The van der Waals surface area contributed by atoms with Crippen LogP contribution in [-0.4, -0.2) is 170 Å². The summed E-state index contributed by atoms with van der Waals surface area (Å²) in [7, 11) is 0. The number of alkyl halides is 1. The number of hydrogen-bond donors (Lipinski definition) is 8. The number of rotatable bonds is 15. The number of carboxylic acid groups (broad SMARTS) is 1. The second-order valence-electron chi connectivity index (χ2n) is 11.0. The molecule has 268 valence electrons. The maximum Gasteiger partial charge on any atom is 0.212 e. The van der Waals surface area contributed by atoms with Crippen molar-refractivity contribution in [3.05, 3.63) is 20.9 Å². The maximum absolute atomic E-state index is 12.6. The SMILES string of the molecule is C[C@@H](O)[C@@H](N=[N+]=[N-])C1O[C@@](O[C@@H]2C(O)[C@H](O[C@@H]3C(CO)O[C@@H](OCCCCl)C(O)[C@H]3O)OC(CO)[C@@H]2O)(C(=O)[O-])C[C@@H](O)[C@H]1N=[N+]=[N-]. The quantitative estimate of drug-likeness (QED) is 0.0263. The molecule has 5 unspecified atom stereocenters. The summed E-state index contributed by atoms with van der Waals surface area (Å²) in [4.78, 5) is 17.7. The number of carbonyl (C=O) groups excluding carboxylic acids is 1. The fourth-order valence-corrected chi connectivity index (χ4v) is 5.58. The van der Waals surface area contributed by atoms with Crippen LogP contribution in [0.5, 0.6) is 0 Å².